The molecule has 140 valence electrons. The van der Waals surface area contributed by atoms with Gasteiger partial charge in [-0.3, -0.25) is 0 Å². The summed E-state index contributed by atoms with van der Waals surface area (Å²) in [6, 6.07) is 6.32. The van der Waals surface area contributed by atoms with Gasteiger partial charge < -0.3 is 15.7 Å². The molecule has 0 bridgehead atoms. The van der Waals surface area contributed by atoms with Crippen LogP contribution in [-0.2, 0) is 6.54 Å². The van der Waals surface area contributed by atoms with E-state index < -0.39 is 5.60 Å². The van der Waals surface area contributed by atoms with E-state index in [0.717, 1.165) is 35.6 Å². The molecule has 5 nitrogen and oxygen atoms in total. The Morgan fingerprint density at radius 1 is 1.28 bits per heavy atom. The van der Waals surface area contributed by atoms with Crippen molar-refractivity contribution in [1.29, 1.82) is 0 Å². The maximum Gasteiger partial charge on any atom is 0.123 e. The van der Waals surface area contributed by atoms with Crippen LogP contribution in [0.2, 0.25) is 0 Å². The van der Waals surface area contributed by atoms with Crippen molar-refractivity contribution < 1.29 is 9.50 Å². The van der Waals surface area contributed by atoms with Gasteiger partial charge in [0.15, 0.2) is 0 Å². The van der Waals surface area contributed by atoms with Crippen LogP contribution in [0.4, 0.5) is 4.39 Å². The fraction of sp³-hybridized carbons (Fsp3) is 0.471. The topological polar surface area (TPSA) is 62.1 Å². The standard InChI is InChI=1S/C17H23FN4O.2ClH/c1-12-16(9-20-11-17(23)7-8-19-10-17)13(2)22(21-12)15-5-3-14(18)4-6-15;;/h3-6,19-20,23H,7-11H2,1-2H3;2*1H. The van der Waals surface area contributed by atoms with Gasteiger partial charge in [0.05, 0.1) is 17.0 Å². The molecule has 3 rings (SSSR count). The SMILES string of the molecule is Cc1nn(-c2ccc(F)cc2)c(C)c1CNCC1(O)CCNC1.Cl.Cl. The lowest BCUT2D eigenvalue weighted by Crippen LogP contribution is -2.42. The van der Waals surface area contributed by atoms with Crippen LogP contribution in [0.3, 0.4) is 0 Å². The number of rotatable bonds is 5. The Balaban J connectivity index is 0.00000156. The van der Waals surface area contributed by atoms with Crippen LogP contribution in [0, 0.1) is 19.7 Å². The molecule has 0 amide bonds. The van der Waals surface area contributed by atoms with Crippen LogP contribution >= 0.6 is 24.8 Å². The average molecular weight is 391 g/mol. The highest BCUT2D eigenvalue weighted by Crippen LogP contribution is 2.19. The molecule has 1 unspecified atom stereocenters. The van der Waals surface area contributed by atoms with Crippen molar-refractivity contribution in [3.63, 3.8) is 0 Å². The van der Waals surface area contributed by atoms with Gasteiger partial charge in [0.2, 0.25) is 0 Å². The smallest absolute Gasteiger partial charge is 0.123 e. The molecule has 0 saturated carbocycles. The minimum absolute atomic E-state index is 0. The molecule has 25 heavy (non-hydrogen) atoms. The van der Waals surface area contributed by atoms with E-state index in [1.54, 1.807) is 12.1 Å². The Kier molecular flexibility index (Phi) is 7.84. The van der Waals surface area contributed by atoms with Gasteiger partial charge in [-0.15, -0.1) is 24.8 Å². The molecule has 1 aliphatic rings. The summed E-state index contributed by atoms with van der Waals surface area (Å²) < 4.78 is 14.9. The van der Waals surface area contributed by atoms with E-state index in [4.69, 9.17) is 0 Å². The Morgan fingerprint density at radius 2 is 1.96 bits per heavy atom. The van der Waals surface area contributed by atoms with Crippen LogP contribution < -0.4 is 10.6 Å². The van der Waals surface area contributed by atoms with Gasteiger partial charge in [-0.25, -0.2) is 9.07 Å². The van der Waals surface area contributed by atoms with Crippen molar-refractivity contribution in [3.8, 4) is 5.69 Å². The Labute approximate surface area is 159 Å². The number of aryl methyl sites for hydroxylation is 1. The maximum atomic E-state index is 13.1. The van der Waals surface area contributed by atoms with Crippen LogP contribution in [0.5, 0.6) is 0 Å². The normalized spacial score (nSPS) is 19.4. The number of nitrogens with zero attached hydrogens (tertiary/aromatic N) is 2. The molecule has 3 N–H and O–H groups in total. The van der Waals surface area contributed by atoms with Crippen molar-refractivity contribution in [3.05, 3.63) is 47.0 Å². The zero-order valence-electron chi connectivity index (χ0n) is 14.4. The third-order valence-electron chi connectivity index (χ3n) is 4.49. The van der Waals surface area contributed by atoms with Crippen molar-refractivity contribution in [2.75, 3.05) is 19.6 Å². The van der Waals surface area contributed by atoms with E-state index >= 15 is 0 Å². The van der Waals surface area contributed by atoms with Crippen molar-refractivity contribution in [1.82, 2.24) is 20.4 Å². The van der Waals surface area contributed by atoms with Gasteiger partial charge in [0, 0.05) is 30.9 Å². The molecule has 2 heterocycles. The summed E-state index contributed by atoms with van der Waals surface area (Å²) in [5.41, 5.74) is 3.27. The van der Waals surface area contributed by atoms with E-state index in [0.29, 0.717) is 19.6 Å². The summed E-state index contributed by atoms with van der Waals surface area (Å²) in [6.07, 6.45) is 0.771. The summed E-state index contributed by atoms with van der Waals surface area (Å²) >= 11 is 0. The van der Waals surface area contributed by atoms with Gasteiger partial charge >= 0.3 is 0 Å². The second-order valence-electron chi connectivity index (χ2n) is 6.29. The van der Waals surface area contributed by atoms with Crippen molar-refractivity contribution in [2.24, 2.45) is 0 Å². The van der Waals surface area contributed by atoms with Gasteiger partial charge in [0.1, 0.15) is 5.82 Å². The predicted octanol–water partition coefficient (Wildman–Crippen LogP) is 2.29. The second-order valence-corrected chi connectivity index (χ2v) is 6.29. The lowest BCUT2D eigenvalue weighted by Gasteiger charge is -2.21. The molecule has 8 heteroatoms. The van der Waals surface area contributed by atoms with Crippen LogP contribution in [0.25, 0.3) is 5.69 Å². The highest BCUT2D eigenvalue weighted by atomic mass is 35.5. The van der Waals surface area contributed by atoms with E-state index in [1.807, 2.05) is 18.5 Å². The summed E-state index contributed by atoms with van der Waals surface area (Å²) in [4.78, 5) is 0. The van der Waals surface area contributed by atoms with Gasteiger partial charge in [-0.2, -0.15) is 5.10 Å². The predicted molar refractivity (Wildman–Crippen MR) is 102 cm³/mol. The number of aromatic nitrogens is 2. The molecule has 1 fully saturated rings. The maximum absolute atomic E-state index is 13.1. The molecule has 1 atom stereocenters. The number of hydrogen-bond acceptors (Lipinski definition) is 4. The van der Waals surface area contributed by atoms with E-state index in [-0.39, 0.29) is 30.6 Å². The number of hydrogen-bond donors (Lipinski definition) is 3. The number of halogens is 3. The van der Waals surface area contributed by atoms with E-state index in [2.05, 4.69) is 15.7 Å². The lowest BCUT2D eigenvalue weighted by molar-refractivity contribution is 0.0608. The minimum Gasteiger partial charge on any atom is -0.387 e. The number of aliphatic hydroxyl groups is 1. The van der Waals surface area contributed by atoms with Crippen LogP contribution in [-0.4, -0.2) is 40.1 Å². The molecule has 2 aromatic rings. The molecular formula is C17H25Cl2FN4O. The van der Waals surface area contributed by atoms with Crippen molar-refractivity contribution in [2.45, 2.75) is 32.4 Å². The number of nitrogens with one attached hydrogen (secondary N) is 2. The van der Waals surface area contributed by atoms with E-state index in [1.165, 1.54) is 12.1 Å². The summed E-state index contributed by atoms with van der Waals surface area (Å²) in [5.74, 6) is -0.254. The Morgan fingerprint density at radius 3 is 2.56 bits per heavy atom. The molecular weight excluding hydrogens is 366 g/mol. The Bertz CT molecular complexity index is 685. The third kappa shape index (κ3) is 4.92. The highest BCUT2D eigenvalue weighted by molar-refractivity contribution is 5.85. The number of β-amino-alcohol motifs (C(OH)–C–C–N with tert-alkyl or cyclic N) is 1. The molecule has 1 aromatic heterocycles. The fourth-order valence-electron chi connectivity index (χ4n) is 3.07. The van der Waals surface area contributed by atoms with Gasteiger partial charge in [-0.1, -0.05) is 0 Å². The number of benzene rings is 1. The fourth-order valence-corrected chi connectivity index (χ4v) is 3.07. The Hall–Kier alpha value is -1.18. The summed E-state index contributed by atoms with van der Waals surface area (Å²) in [6.45, 7) is 6.68. The van der Waals surface area contributed by atoms with Crippen LogP contribution in [0.15, 0.2) is 24.3 Å². The van der Waals surface area contributed by atoms with E-state index in [9.17, 15) is 9.50 Å². The highest BCUT2D eigenvalue weighted by Gasteiger charge is 2.30. The lowest BCUT2D eigenvalue weighted by atomic mass is 10.0. The molecule has 0 aliphatic carbocycles. The minimum atomic E-state index is -0.658. The molecule has 0 radical (unpaired) electrons. The summed E-state index contributed by atoms with van der Waals surface area (Å²) in [7, 11) is 0. The molecule has 1 aromatic carbocycles. The first kappa shape index (κ1) is 21.9. The average Bonchev–Trinajstić information content (AvgIpc) is 3.07. The van der Waals surface area contributed by atoms with Crippen molar-refractivity contribution >= 4 is 24.8 Å². The second kappa shape index (κ2) is 8.96. The summed E-state index contributed by atoms with van der Waals surface area (Å²) in [5, 5.41) is 21.4. The van der Waals surface area contributed by atoms with Gasteiger partial charge in [0.25, 0.3) is 0 Å². The first-order valence-electron chi connectivity index (χ1n) is 7.93. The van der Waals surface area contributed by atoms with Gasteiger partial charge in [-0.05, 0) is 51.1 Å². The first-order valence-corrected chi connectivity index (χ1v) is 7.93. The molecule has 1 aliphatic heterocycles. The first-order chi connectivity index (χ1) is 11.0. The largest absolute Gasteiger partial charge is 0.387 e. The third-order valence-corrected chi connectivity index (χ3v) is 4.49. The molecule has 0 spiro atoms. The monoisotopic (exact) mass is 390 g/mol. The molecule has 1 saturated heterocycles. The quantitative estimate of drug-likeness (QED) is 0.732. The zero-order chi connectivity index (χ0) is 16.4. The zero-order valence-corrected chi connectivity index (χ0v) is 16.0. The van der Waals surface area contributed by atoms with Crippen LogP contribution in [0.1, 0.15) is 23.4 Å².